The van der Waals surface area contributed by atoms with Crippen molar-refractivity contribution in [2.45, 2.75) is 12.5 Å². The fourth-order valence-corrected chi connectivity index (χ4v) is 4.62. The van der Waals surface area contributed by atoms with E-state index in [2.05, 4.69) is 11.4 Å². The monoisotopic (exact) mass is 427 g/mol. The minimum absolute atomic E-state index is 0.136. The summed E-state index contributed by atoms with van der Waals surface area (Å²) in [4.78, 5) is 13.8. The predicted octanol–water partition coefficient (Wildman–Crippen LogP) is 4.30. The molecular weight excluding hydrogens is 406 g/mol. The summed E-state index contributed by atoms with van der Waals surface area (Å²) in [6, 6.07) is 26.3. The van der Waals surface area contributed by atoms with Gasteiger partial charge in [-0.3, -0.25) is 13.9 Å². The molecule has 0 fully saturated rings. The Hall–Kier alpha value is -3.48. The Morgan fingerprint density at radius 2 is 1.42 bits per heavy atom. The van der Waals surface area contributed by atoms with E-state index in [4.69, 9.17) is 12.2 Å². The van der Waals surface area contributed by atoms with Crippen LogP contribution < -0.4 is 10.9 Å². The second-order valence-corrected chi connectivity index (χ2v) is 7.87. The van der Waals surface area contributed by atoms with Crippen molar-refractivity contribution in [1.82, 2.24) is 14.5 Å². The van der Waals surface area contributed by atoms with Gasteiger partial charge < -0.3 is 10.4 Å². The minimum Gasteiger partial charge on any atom is -0.494 e. The van der Waals surface area contributed by atoms with Crippen molar-refractivity contribution in [3.8, 4) is 17.3 Å². The van der Waals surface area contributed by atoms with Crippen molar-refractivity contribution in [2.75, 3.05) is 6.54 Å². The van der Waals surface area contributed by atoms with Crippen LogP contribution in [-0.4, -0.2) is 20.8 Å². The zero-order valence-corrected chi connectivity index (χ0v) is 17.5. The molecule has 2 heterocycles. The molecule has 5 nitrogen and oxygen atoms in total. The van der Waals surface area contributed by atoms with Gasteiger partial charge >= 0.3 is 0 Å². The van der Waals surface area contributed by atoms with Gasteiger partial charge in [0.25, 0.3) is 5.56 Å². The van der Waals surface area contributed by atoms with E-state index in [1.54, 1.807) is 4.57 Å². The molecule has 5 rings (SSSR count). The van der Waals surface area contributed by atoms with Crippen LogP contribution in [0.5, 0.6) is 5.88 Å². The second kappa shape index (κ2) is 7.98. The molecule has 3 aromatic carbocycles. The summed E-state index contributed by atoms with van der Waals surface area (Å²) >= 11 is 5.72. The molecule has 0 radical (unpaired) electrons. The van der Waals surface area contributed by atoms with Gasteiger partial charge in [0.1, 0.15) is 0 Å². The van der Waals surface area contributed by atoms with Gasteiger partial charge in [-0.2, -0.15) is 0 Å². The Morgan fingerprint density at radius 1 is 0.839 bits per heavy atom. The van der Waals surface area contributed by atoms with Gasteiger partial charge in [-0.1, -0.05) is 60.7 Å². The van der Waals surface area contributed by atoms with Gasteiger partial charge in [0.15, 0.2) is 4.77 Å². The van der Waals surface area contributed by atoms with Gasteiger partial charge in [-0.25, -0.2) is 0 Å². The molecule has 1 aliphatic rings. The first kappa shape index (κ1) is 19.5. The van der Waals surface area contributed by atoms with Crippen molar-refractivity contribution < 1.29 is 5.11 Å². The number of nitrogens with one attached hydrogen (secondary N) is 1. The van der Waals surface area contributed by atoms with Gasteiger partial charge in [0.2, 0.25) is 5.88 Å². The van der Waals surface area contributed by atoms with Crippen LogP contribution in [0.25, 0.3) is 11.4 Å². The standard InChI is InChI=1S/C25H21N3O2S/c29-23-21(22-20-14-8-7-9-17(20)15-16-26-22)24(30)28(19-12-5-2-6-13-19)25(31)27(23)18-10-3-1-4-11-18/h1-14,22,26,29H,15-16H2. The third-order valence-electron chi connectivity index (χ3n) is 5.70. The number of benzene rings is 3. The summed E-state index contributed by atoms with van der Waals surface area (Å²) in [5, 5.41) is 14.8. The van der Waals surface area contributed by atoms with Crippen LogP contribution in [0.15, 0.2) is 89.7 Å². The first-order valence-corrected chi connectivity index (χ1v) is 10.6. The third kappa shape index (κ3) is 3.30. The Kier molecular flexibility index (Phi) is 5.02. The SMILES string of the molecule is O=c1c(C2NCCc3ccccc32)c(O)n(-c2ccccc2)c(=S)n1-c1ccccc1. The molecule has 154 valence electrons. The highest BCUT2D eigenvalue weighted by Crippen LogP contribution is 2.33. The summed E-state index contributed by atoms with van der Waals surface area (Å²) in [6.45, 7) is 0.715. The van der Waals surface area contributed by atoms with Crippen LogP contribution >= 0.6 is 12.2 Å². The van der Waals surface area contributed by atoms with E-state index in [0.717, 1.165) is 12.0 Å². The lowest BCUT2D eigenvalue weighted by Gasteiger charge is -2.28. The summed E-state index contributed by atoms with van der Waals surface area (Å²) in [5.74, 6) is -0.136. The first-order chi connectivity index (χ1) is 15.2. The van der Waals surface area contributed by atoms with Crippen molar-refractivity contribution in [1.29, 1.82) is 0 Å². The summed E-state index contributed by atoms with van der Waals surface area (Å²) in [5.41, 5.74) is 3.48. The number of hydrogen-bond donors (Lipinski definition) is 2. The van der Waals surface area contributed by atoms with Gasteiger partial charge in [-0.15, -0.1) is 0 Å². The summed E-state index contributed by atoms with van der Waals surface area (Å²) < 4.78 is 3.28. The van der Waals surface area contributed by atoms with Gasteiger partial charge in [0, 0.05) is 6.54 Å². The molecular formula is C25H21N3O2S. The number of fused-ring (bicyclic) bond motifs is 1. The Labute approximate surface area is 184 Å². The maximum atomic E-state index is 13.8. The molecule has 1 atom stereocenters. The number of nitrogens with zero attached hydrogens (tertiary/aromatic N) is 2. The molecule has 0 amide bonds. The highest BCUT2D eigenvalue weighted by molar-refractivity contribution is 7.71. The average Bonchev–Trinajstić information content (AvgIpc) is 2.81. The molecule has 1 aliphatic heterocycles. The highest BCUT2D eigenvalue weighted by atomic mass is 32.1. The molecule has 6 heteroatoms. The van der Waals surface area contributed by atoms with Crippen LogP contribution in [0.2, 0.25) is 0 Å². The molecule has 31 heavy (non-hydrogen) atoms. The molecule has 0 bridgehead atoms. The maximum absolute atomic E-state index is 13.8. The molecule has 0 saturated carbocycles. The number of aromatic hydroxyl groups is 1. The molecule has 4 aromatic rings. The van der Waals surface area contributed by atoms with Crippen LogP contribution in [0.4, 0.5) is 0 Å². The quantitative estimate of drug-likeness (QED) is 0.479. The third-order valence-corrected chi connectivity index (χ3v) is 6.06. The molecule has 1 unspecified atom stereocenters. The second-order valence-electron chi connectivity index (χ2n) is 7.50. The van der Waals surface area contributed by atoms with Gasteiger partial charge in [0.05, 0.1) is 23.0 Å². The van der Waals surface area contributed by atoms with Crippen LogP contribution in [-0.2, 0) is 6.42 Å². The largest absolute Gasteiger partial charge is 0.494 e. The van der Waals surface area contributed by atoms with Crippen LogP contribution in [0.3, 0.4) is 0 Å². The zero-order valence-electron chi connectivity index (χ0n) is 16.7. The smallest absolute Gasteiger partial charge is 0.267 e. The van der Waals surface area contributed by atoms with E-state index in [1.165, 1.54) is 10.1 Å². The molecule has 0 saturated heterocycles. The molecule has 0 spiro atoms. The van der Waals surface area contributed by atoms with Crippen molar-refractivity contribution in [3.63, 3.8) is 0 Å². The Balaban J connectivity index is 1.86. The van der Waals surface area contributed by atoms with E-state index >= 15 is 0 Å². The average molecular weight is 428 g/mol. The predicted molar refractivity (Wildman–Crippen MR) is 124 cm³/mol. The molecule has 0 aliphatic carbocycles. The topological polar surface area (TPSA) is 59.2 Å². The Bertz CT molecular complexity index is 1360. The zero-order chi connectivity index (χ0) is 21.4. The summed E-state index contributed by atoms with van der Waals surface area (Å²) in [7, 11) is 0. The number of rotatable bonds is 3. The van der Waals surface area contributed by atoms with E-state index in [1.807, 2.05) is 78.9 Å². The maximum Gasteiger partial charge on any atom is 0.267 e. The van der Waals surface area contributed by atoms with Crippen LogP contribution in [0, 0.1) is 4.77 Å². The number of hydrogen-bond acceptors (Lipinski definition) is 4. The number of aromatic nitrogens is 2. The normalized spacial score (nSPS) is 15.4. The highest BCUT2D eigenvalue weighted by Gasteiger charge is 2.30. The molecule has 2 N–H and O–H groups in total. The van der Waals surface area contributed by atoms with E-state index in [-0.39, 0.29) is 21.8 Å². The van der Waals surface area contributed by atoms with E-state index < -0.39 is 6.04 Å². The number of para-hydroxylation sites is 2. The Morgan fingerprint density at radius 3 is 2.10 bits per heavy atom. The lowest BCUT2D eigenvalue weighted by Crippen LogP contribution is -2.37. The van der Waals surface area contributed by atoms with E-state index in [9.17, 15) is 9.90 Å². The lowest BCUT2D eigenvalue weighted by molar-refractivity contribution is 0.410. The molecule has 1 aromatic heterocycles. The van der Waals surface area contributed by atoms with Crippen molar-refractivity contribution >= 4 is 12.2 Å². The van der Waals surface area contributed by atoms with E-state index in [0.29, 0.717) is 17.9 Å². The van der Waals surface area contributed by atoms with Gasteiger partial charge in [-0.05, 0) is 54.0 Å². The minimum atomic E-state index is -0.432. The van der Waals surface area contributed by atoms with Crippen LogP contribution in [0.1, 0.15) is 22.7 Å². The fourth-order valence-electron chi connectivity index (χ4n) is 4.24. The van der Waals surface area contributed by atoms with Crippen molar-refractivity contribution in [2.24, 2.45) is 0 Å². The summed E-state index contributed by atoms with van der Waals surface area (Å²) in [6.07, 6.45) is 0.873. The lowest BCUT2D eigenvalue weighted by atomic mass is 9.90. The van der Waals surface area contributed by atoms with Crippen molar-refractivity contribution in [3.05, 3.63) is 117 Å². The first-order valence-electron chi connectivity index (χ1n) is 10.2. The fraction of sp³-hybridized carbons (Fsp3) is 0.120.